The molecule has 0 bridgehead atoms. The van der Waals surface area contributed by atoms with E-state index in [1.165, 1.54) is 11.3 Å². The Morgan fingerprint density at radius 3 is 2.25 bits per heavy atom. The van der Waals surface area contributed by atoms with Crippen LogP contribution in [-0.4, -0.2) is 30.6 Å². The number of aromatic nitrogens is 2. The second kappa shape index (κ2) is 7.01. The average Bonchev–Trinajstić information content (AvgIpc) is 2.49. The lowest BCUT2D eigenvalue weighted by Gasteiger charge is -2.20. The molecule has 2 aromatic rings. The Labute approximate surface area is 120 Å². The molecule has 106 valence electrons. The van der Waals surface area contributed by atoms with Crippen LogP contribution in [0.15, 0.2) is 43.0 Å². The highest BCUT2D eigenvalue weighted by molar-refractivity contribution is 5.47. The second-order valence-electron chi connectivity index (χ2n) is 5.04. The SMILES string of the molecule is CCCNC(c1ccc(N(C)C)cc1)c1cncnc1. The predicted octanol–water partition coefficient (Wildman–Crippen LogP) is 2.63. The lowest BCUT2D eigenvalue weighted by atomic mass is 10.0. The summed E-state index contributed by atoms with van der Waals surface area (Å²) < 4.78 is 0. The largest absolute Gasteiger partial charge is 0.378 e. The van der Waals surface area contributed by atoms with Gasteiger partial charge in [-0.1, -0.05) is 19.1 Å². The third-order valence-electron chi connectivity index (χ3n) is 3.26. The van der Waals surface area contributed by atoms with Gasteiger partial charge in [0.2, 0.25) is 0 Å². The number of hydrogen-bond acceptors (Lipinski definition) is 4. The summed E-state index contributed by atoms with van der Waals surface area (Å²) in [7, 11) is 4.10. The number of hydrogen-bond donors (Lipinski definition) is 1. The van der Waals surface area contributed by atoms with Crippen molar-refractivity contribution >= 4 is 5.69 Å². The van der Waals surface area contributed by atoms with E-state index in [1.54, 1.807) is 6.33 Å². The van der Waals surface area contributed by atoms with Gasteiger partial charge in [0.05, 0.1) is 6.04 Å². The Balaban J connectivity index is 2.26. The van der Waals surface area contributed by atoms with Crippen LogP contribution in [0.1, 0.15) is 30.5 Å². The van der Waals surface area contributed by atoms with Crippen LogP contribution in [-0.2, 0) is 0 Å². The summed E-state index contributed by atoms with van der Waals surface area (Å²) in [5.74, 6) is 0. The van der Waals surface area contributed by atoms with Crippen LogP contribution in [0.25, 0.3) is 0 Å². The molecule has 0 aliphatic heterocycles. The summed E-state index contributed by atoms with van der Waals surface area (Å²) in [4.78, 5) is 10.4. The highest BCUT2D eigenvalue weighted by Crippen LogP contribution is 2.23. The van der Waals surface area contributed by atoms with Gasteiger partial charge in [-0.15, -0.1) is 0 Å². The zero-order chi connectivity index (χ0) is 14.4. The summed E-state index contributed by atoms with van der Waals surface area (Å²) in [6.45, 7) is 3.13. The summed E-state index contributed by atoms with van der Waals surface area (Å²) in [6, 6.07) is 8.75. The molecule has 0 saturated heterocycles. The molecule has 0 aliphatic carbocycles. The highest BCUT2D eigenvalue weighted by atomic mass is 15.1. The van der Waals surface area contributed by atoms with Crippen LogP contribution in [0, 0.1) is 0 Å². The van der Waals surface area contributed by atoms with Crippen LogP contribution >= 0.6 is 0 Å². The van der Waals surface area contributed by atoms with Gasteiger partial charge in [0.15, 0.2) is 0 Å². The molecule has 1 aromatic heterocycles. The molecule has 1 heterocycles. The molecule has 4 heteroatoms. The minimum atomic E-state index is 0.146. The zero-order valence-electron chi connectivity index (χ0n) is 12.4. The van der Waals surface area contributed by atoms with E-state index in [1.807, 2.05) is 26.5 Å². The van der Waals surface area contributed by atoms with Crippen LogP contribution in [0.2, 0.25) is 0 Å². The summed E-state index contributed by atoms with van der Waals surface area (Å²) in [6.07, 6.45) is 6.41. The van der Waals surface area contributed by atoms with Crippen molar-refractivity contribution in [3.8, 4) is 0 Å². The smallest absolute Gasteiger partial charge is 0.115 e. The first-order chi connectivity index (χ1) is 9.72. The second-order valence-corrected chi connectivity index (χ2v) is 5.04. The van der Waals surface area contributed by atoms with Gasteiger partial charge in [-0.25, -0.2) is 9.97 Å². The Morgan fingerprint density at radius 1 is 1.05 bits per heavy atom. The fraction of sp³-hybridized carbons (Fsp3) is 0.375. The third-order valence-corrected chi connectivity index (χ3v) is 3.26. The molecule has 0 radical (unpaired) electrons. The topological polar surface area (TPSA) is 41.0 Å². The minimum absolute atomic E-state index is 0.146. The molecule has 1 aromatic carbocycles. The van der Waals surface area contributed by atoms with E-state index in [0.717, 1.165) is 18.5 Å². The molecule has 1 atom stereocenters. The third kappa shape index (κ3) is 3.54. The molecule has 0 saturated carbocycles. The maximum absolute atomic E-state index is 4.13. The zero-order valence-corrected chi connectivity index (χ0v) is 12.4. The molecule has 0 aliphatic rings. The van der Waals surface area contributed by atoms with Crippen molar-refractivity contribution in [2.45, 2.75) is 19.4 Å². The Kier molecular flexibility index (Phi) is 5.07. The van der Waals surface area contributed by atoms with E-state index in [0.29, 0.717) is 0 Å². The highest BCUT2D eigenvalue weighted by Gasteiger charge is 2.13. The normalized spacial score (nSPS) is 12.2. The summed E-state index contributed by atoms with van der Waals surface area (Å²) in [5.41, 5.74) is 3.53. The van der Waals surface area contributed by atoms with E-state index < -0.39 is 0 Å². The van der Waals surface area contributed by atoms with Crippen molar-refractivity contribution < 1.29 is 0 Å². The monoisotopic (exact) mass is 270 g/mol. The predicted molar refractivity (Wildman–Crippen MR) is 82.9 cm³/mol. The van der Waals surface area contributed by atoms with E-state index in [9.17, 15) is 0 Å². The van der Waals surface area contributed by atoms with E-state index >= 15 is 0 Å². The molecule has 1 unspecified atom stereocenters. The van der Waals surface area contributed by atoms with Crippen molar-refractivity contribution in [3.05, 3.63) is 54.1 Å². The van der Waals surface area contributed by atoms with Crippen LogP contribution in [0.5, 0.6) is 0 Å². The van der Waals surface area contributed by atoms with Gasteiger partial charge in [0, 0.05) is 37.7 Å². The minimum Gasteiger partial charge on any atom is -0.378 e. The fourth-order valence-corrected chi connectivity index (χ4v) is 2.14. The fourth-order valence-electron chi connectivity index (χ4n) is 2.14. The molecule has 0 spiro atoms. The maximum Gasteiger partial charge on any atom is 0.115 e. The molecular formula is C16H22N4. The average molecular weight is 270 g/mol. The first kappa shape index (κ1) is 14.5. The lowest BCUT2D eigenvalue weighted by molar-refractivity contribution is 0.595. The number of nitrogens with zero attached hydrogens (tertiary/aromatic N) is 3. The number of anilines is 1. The van der Waals surface area contributed by atoms with Crippen molar-refractivity contribution in [1.82, 2.24) is 15.3 Å². The first-order valence-electron chi connectivity index (χ1n) is 6.98. The molecule has 1 N–H and O–H groups in total. The van der Waals surface area contributed by atoms with Gasteiger partial charge in [0.25, 0.3) is 0 Å². The number of rotatable bonds is 6. The van der Waals surface area contributed by atoms with Gasteiger partial charge < -0.3 is 10.2 Å². The standard InChI is InChI=1S/C16H22N4/c1-4-9-19-16(14-10-17-12-18-11-14)13-5-7-15(8-6-13)20(2)3/h5-8,10-12,16,19H,4,9H2,1-3H3. The number of benzene rings is 1. The van der Waals surface area contributed by atoms with E-state index in [-0.39, 0.29) is 6.04 Å². The molecule has 0 fully saturated rings. The Bertz CT molecular complexity index is 508. The van der Waals surface area contributed by atoms with Gasteiger partial charge in [0.1, 0.15) is 6.33 Å². The molecule has 20 heavy (non-hydrogen) atoms. The molecule has 0 amide bonds. The summed E-state index contributed by atoms with van der Waals surface area (Å²) in [5, 5.41) is 3.56. The molecule has 4 nitrogen and oxygen atoms in total. The van der Waals surface area contributed by atoms with Crippen molar-refractivity contribution in [1.29, 1.82) is 0 Å². The molecule has 2 rings (SSSR count). The van der Waals surface area contributed by atoms with E-state index in [4.69, 9.17) is 0 Å². The quantitative estimate of drug-likeness (QED) is 0.876. The van der Waals surface area contributed by atoms with Crippen LogP contribution in [0.4, 0.5) is 5.69 Å². The van der Waals surface area contributed by atoms with Gasteiger partial charge in [-0.3, -0.25) is 0 Å². The van der Waals surface area contributed by atoms with Crippen molar-refractivity contribution in [3.63, 3.8) is 0 Å². The van der Waals surface area contributed by atoms with Crippen molar-refractivity contribution in [2.75, 3.05) is 25.5 Å². The van der Waals surface area contributed by atoms with E-state index in [2.05, 4.69) is 51.4 Å². The van der Waals surface area contributed by atoms with Gasteiger partial charge >= 0.3 is 0 Å². The van der Waals surface area contributed by atoms with Gasteiger partial charge in [-0.2, -0.15) is 0 Å². The van der Waals surface area contributed by atoms with Gasteiger partial charge in [-0.05, 0) is 30.7 Å². The summed E-state index contributed by atoms with van der Waals surface area (Å²) >= 11 is 0. The Morgan fingerprint density at radius 2 is 1.70 bits per heavy atom. The first-order valence-corrected chi connectivity index (χ1v) is 6.98. The van der Waals surface area contributed by atoms with Crippen LogP contribution in [0.3, 0.4) is 0 Å². The maximum atomic E-state index is 4.13. The number of nitrogens with one attached hydrogen (secondary N) is 1. The van der Waals surface area contributed by atoms with Crippen LogP contribution < -0.4 is 10.2 Å². The lowest BCUT2D eigenvalue weighted by Crippen LogP contribution is -2.23. The molecular weight excluding hydrogens is 248 g/mol. The Hall–Kier alpha value is -1.94. The van der Waals surface area contributed by atoms with Crippen molar-refractivity contribution in [2.24, 2.45) is 0 Å².